The van der Waals surface area contributed by atoms with Crippen LogP contribution < -0.4 is 14.0 Å². The predicted octanol–water partition coefficient (Wildman–Crippen LogP) is 12.4. The smallest absolute Gasteiger partial charge is 0.375 e. The van der Waals surface area contributed by atoms with E-state index in [1.165, 1.54) is 12.1 Å². The second-order valence-corrected chi connectivity index (χ2v) is 14.3. The molecule has 0 unspecified atom stereocenters. The lowest BCUT2D eigenvalue weighted by Gasteiger charge is -2.27. The summed E-state index contributed by atoms with van der Waals surface area (Å²) in [5, 5.41) is 2.39. The van der Waals surface area contributed by atoms with E-state index in [1.54, 1.807) is 23.5 Å². The molecule has 0 aliphatic heterocycles. The average molecular weight is 717 g/mol. The molecule has 0 aliphatic carbocycles. The molecule has 0 saturated heterocycles. The van der Waals surface area contributed by atoms with E-state index in [0.29, 0.717) is 11.1 Å². The van der Waals surface area contributed by atoms with Gasteiger partial charge >= 0.3 is 15.6 Å². The highest BCUT2D eigenvalue weighted by molar-refractivity contribution is 7.88. The summed E-state index contributed by atoms with van der Waals surface area (Å²) in [6.45, 7) is 0. The van der Waals surface area contributed by atoms with Crippen LogP contribution in [0.3, 0.4) is 0 Å². The minimum Gasteiger partial charge on any atom is -0.375 e. The van der Waals surface area contributed by atoms with E-state index in [2.05, 4.69) is 11.0 Å². The minimum absolute atomic E-state index is 0.220. The maximum Gasteiger partial charge on any atom is 0.534 e. The van der Waals surface area contributed by atoms with Gasteiger partial charge in [-0.2, -0.15) is 21.6 Å². The van der Waals surface area contributed by atoms with Gasteiger partial charge in [0.05, 0.1) is 20.8 Å². The molecule has 5 nitrogen and oxygen atoms in total. The topological polar surface area (TPSA) is 49.9 Å². The fourth-order valence-corrected chi connectivity index (χ4v) is 8.21. The van der Waals surface area contributed by atoms with Crippen molar-refractivity contribution in [2.45, 2.75) is 5.51 Å². The molecule has 0 N–H and O–H groups in total. The molecule has 0 fully saturated rings. The molecule has 0 aliphatic rings. The molecule has 8 aromatic rings. The van der Waals surface area contributed by atoms with Crippen LogP contribution in [0.4, 0.5) is 47.3 Å². The molecule has 1 aromatic heterocycles. The quantitative estimate of drug-likeness (QED) is 0.116. The summed E-state index contributed by atoms with van der Waals surface area (Å²) in [7, 11) is -5.96. The Bertz CT molecular complexity index is 2540. The molecule has 0 spiro atoms. The number of benzene rings is 7. The minimum atomic E-state index is -5.96. The summed E-state index contributed by atoms with van der Waals surface area (Å²) in [5.74, 6) is -0.417. The van der Waals surface area contributed by atoms with Crippen LogP contribution in [0.15, 0.2) is 164 Å². The summed E-state index contributed by atoms with van der Waals surface area (Å²) in [6, 6.07) is 51.5. The van der Waals surface area contributed by atoms with Crippen LogP contribution in [0.2, 0.25) is 0 Å². The number of para-hydroxylation sites is 4. The van der Waals surface area contributed by atoms with Gasteiger partial charge in [0.2, 0.25) is 0 Å². The molecule has 0 atom stereocenters. The Balaban J connectivity index is 1.50. The van der Waals surface area contributed by atoms with Gasteiger partial charge in [-0.25, -0.2) is 0 Å². The molecular formula is C41H27F3N2O3S2. The number of hydrogen-bond acceptors (Lipinski definition) is 6. The second kappa shape index (κ2) is 12.8. The molecule has 51 heavy (non-hydrogen) atoms. The summed E-state index contributed by atoms with van der Waals surface area (Å²) < 4.78 is 72.4. The number of nitrogens with zero attached hydrogens (tertiary/aromatic N) is 2. The van der Waals surface area contributed by atoms with Gasteiger partial charge in [-0.15, -0.1) is 11.3 Å². The van der Waals surface area contributed by atoms with Crippen molar-refractivity contribution in [3.8, 4) is 5.75 Å². The summed E-state index contributed by atoms with van der Waals surface area (Å²) >= 11 is 1.57. The van der Waals surface area contributed by atoms with Crippen LogP contribution in [-0.2, 0) is 10.1 Å². The fraction of sp³-hybridized carbons (Fsp3) is 0.0244. The van der Waals surface area contributed by atoms with E-state index >= 15 is 0 Å². The predicted molar refractivity (Wildman–Crippen MR) is 202 cm³/mol. The Kier molecular flexibility index (Phi) is 8.13. The summed E-state index contributed by atoms with van der Waals surface area (Å²) in [5.41, 5.74) is -0.553. The number of anilines is 6. The van der Waals surface area contributed by atoms with Crippen LogP contribution in [0.1, 0.15) is 0 Å². The summed E-state index contributed by atoms with van der Waals surface area (Å²) in [6.07, 6.45) is 0. The van der Waals surface area contributed by atoms with Gasteiger partial charge in [0.15, 0.2) is 5.75 Å². The molecule has 0 bridgehead atoms. The Morgan fingerprint density at radius 1 is 0.490 bits per heavy atom. The van der Waals surface area contributed by atoms with E-state index in [9.17, 15) is 21.6 Å². The van der Waals surface area contributed by atoms with Gasteiger partial charge < -0.3 is 14.0 Å². The Morgan fingerprint density at radius 3 is 1.43 bits per heavy atom. The van der Waals surface area contributed by atoms with Gasteiger partial charge in [0.1, 0.15) is 0 Å². The zero-order valence-electron chi connectivity index (χ0n) is 26.7. The van der Waals surface area contributed by atoms with Gasteiger partial charge in [0, 0.05) is 38.9 Å². The van der Waals surface area contributed by atoms with Gasteiger partial charge in [0.25, 0.3) is 0 Å². The van der Waals surface area contributed by atoms with E-state index < -0.39 is 21.4 Å². The highest BCUT2D eigenvalue weighted by Gasteiger charge is 2.48. The first kappa shape index (κ1) is 32.4. The third kappa shape index (κ3) is 5.82. The van der Waals surface area contributed by atoms with Crippen molar-refractivity contribution in [1.82, 2.24) is 0 Å². The molecular weight excluding hydrogens is 690 g/mol. The monoisotopic (exact) mass is 716 g/mol. The molecule has 1 heterocycles. The highest BCUT2D eigenvalue weighted by atomic mass is 32.2. The van der Waals surface area contributed by atoms with Gasteiger partial charge in [-0.3, -0.25) is 0 Å². The SMILES string of the molecule is O=S(=O)(Oc1cccc2c1cc(N(c1ccccc1)c1ccccc1)c1sc3c(N(c4ccccc4)c4ccccc4)cccc3c12)C(F)(F)F. The van der Waals surface area contributed by atoms with E-state index in [4.69, 9.17) is 4.18 Å². The van der Waals surface area contributed by atoms with Crippen LogP contribution in [-0.4, -0.2) is 13.9 Å². The maximum absolute atomic E-state index is 13.7. The molecule has 10 heteroatoms. The number of fused-ring (bicyclic) bond motifs is 5. The van der Waals surface area contributed by atoms with E-state index in [1.807, 2.05) is 138 Å². The van der Waals surface area contributed by atoms with Crippen LogP contribution in [0, 0.1) is 0 Å². The fourth-order valence-electron chi connectivity index (χ4n) is 6.41. The molecule has 7 aromatic carbocycles. The molecule has 8 rings (SSSR count). The molecule has 0 saturated carbocycles. The van der Waals surface area contributed by atoms with Gasteiger partial charge in [-0.1, -0.05) is 97.1 Å². The number of thiophene rings is 1. The van der Waals surface area contributed by atoms with Crippen molar-refractivity contribution in [3.05, 3.63) is 164 Å². The van der Waals surface area contributed by atoms with Crippen LogP contribution in [0.25, 0.3) is 30.9 Å². The van der Waals surface area contributed by atoms with E-state index in [0.717, 1.165) is 48.6 Å². The molecule has 252 valence electrons. The Morgan fingerprint density at radius 2 is 0.941 bits per heavy atom. The Labute approximate surface area is 296 Å². The maximum atomic E-state index is 13.7. The van der Waals surface area contributed by atoms with Crippen molar-refractivity contribution in [2.75, 3.05) is 9.80 Å². The standard InChI is InChI=1S/C41H27F3N2O3S2/c42-41(43,44)51(47,48)49-37-26-14-23-32-34(37)27-36(46(30-19-9-3-10-20-30)31-21-11-4-12-22-31)40-38(32)33-24-13-25-35(39(33)50-40)45(28-15-5-1-6-16-28)29-17-7-2-8-18-29/h1-27H. The van der Waals surface area contributed by atoms with Crippen LogP contribution >= 0.6 is 11.3 Å². The van der Waals surface area contributed by atoms with Crippen molar-refractivity contribution in [2.24, 2.45) is 0 Å². The number of alkyl halides is 3. The second-order valence-electron chi connectivity index (χ2n) is 11.7. The first-order valence-electron chi connectivity index (χ1n) is 15.9. The zero-order chi connectivity index (χ0) is 35.2. The van der Waals surface area contributed by atoms with Crippen molar-refractivity contribution < 1.29 is 25.8 Å². The average Bonchev–Trinajstić information content (AvgIpc) is 3.55. The summed E-state index contributed by atoms with van der Waals surface area (Å²) in [4.78, 5) is 4.20. The van der Waals surface area contributed by atoms with Crippen molar-refractivity contribution in [3.63, 3.8) is 0 Å². The third-order valence-electron chi connectivity index (χ3n) is 8.57. The molecule has 0 radical (unpaired) electrons. The zero-order valence-corrected chi connectivity index (χ0v) is 28.3. The third-order valence-corrected chi connectivity index (χ3v) is 10.8. The van der Waals surface area contributed by atoms with E-state index in [-0.39, 0.29) is 5.39 Å². The number of halogens is 3. The highest BCUT2D eigenvalue weighted by Crippen LogP contribution is 2.52. The Hall–Kier alpha value is -5.84. The first-order chi connectivity index (χ1) is 24.7. The van der Waals surface area contributed by atoms with Gasteiger partial charge in [-0.05, 0) is 72.1 Å². The largest absolute Gasteiger partial charge is 0.534 e. The molecule has 0 amide bonds. The normalized spacial score (nSPS) is 12.0. The lowest BCUT2D eigenvalue weighted by atomic mass is 10.0. The lowest BCUT2D eigenvalue weighted by molar-refractivity contribution is -0.0499. The number of rotatable bonds is 8. The lowest BCUT2D eigenvalue weighted by Crippen LogP contribution is -2.28. The van der Waals surface area contributed by atoms with Crippen molar-refractivity contribution in [1.29, 1.82) is 0 Å². The first-order valence-corrected chi connectivity index (χ1v) is 18.2. The number of hydrogen-bond donors (Lipinski definition) is 0. The van der Waals surface area contributed by atoms with Crippen LogP contribution in [0.5, 0.6) is 5.75 Å². The van der Waals surface area contributed by atoms with Crippen molar-refractivity contribution >= 4 is 86.5 Å².